The van der Waals surface area contributed by atoms with Crippen molar-refractivity contribution < 1.29 is 37.9 Å². The van der Waals surface area contributed by atoms with Gasteiger partial charge in [0.2, 0.25) is 0 Å². The van der Waals surface area contributed by atoms with Crippen LogP contribution in [0.2, 0.25) is 0 Å². The van der Waals surface area contributed by atoms with Crippen LogP contribution >= 0.6 is 7.82 Å². The van der Waals surface area contributed by atoms with Crippen LogP contribution in [0.25, 0.3) is 0 Å². The molecule has 0 rings (SSSR count). The number of phosphoric ester groups is 1. The van der Waals surface area contributed by atoms with E-state index in [0.29, 0.717) is 6.42 Å². The summed E-state index contributed by atoms with van der Waals surface area (Å²) >= 11 is 0. The second kappa shape index (κ2) is 33.5. The summed E-state index contributed by atoms with van der Waals surface area (Å²) in [6, 6.07) is 0. The lowest BCUT2D eigenvalue weighted by atomic mass is 10.0. The van der Waals surface area contributed by atoms with Gasteiger partial charge >= 0.3 is 19.8 Å². The van der Waals surface area contributed by atoms with Gasteiger partial charge in [0, 0.05) is 12.8 Å². The number of carbonyl (C=O) groups is 2. The van der Waals surface area contributed by atoms with E-state index < -0.39 is 32.5 Å². The quantitative estimate of drug-likeness (QED) is 0.0300. The monoisotopic (exact) mass is 672 g/mol. The zero-order valence-electron chi connectivity index (χ0n) is 29.5. The maximum atomic E-state index is 12.3. The van der Waals surface area contributed by atoms with Crippen molar-refractivity contribution in [2.75, 3.05) is 13.2 Å². The van der Waals surface area contributed by atoms with E-state index in [1.54, 1.807) is 0 Å². The topological polar surface area (TPSA) is 119 Å². The summed E-state index contributed by atoms with van der Waals surface area (Å²) in [7, 11) is -4.75. The van der Waals surface area contributed by atoms with Gasteiger partial charge in [0.25, 0.3) is 0 Å². The van der Waals surface area contributed by atoms with Crippen molar-refractivity contribution in [2.24, 2.45) is 0 Å². The van der Waals surface area contributed by atoms with E-state index in [2.05, 4.69) is 36.3 Å². The van der Waals surface area contributed by atoms with Crippen LogP contribution in [0.5, 0.6) is 0 Å². The Morgan fingerprint density at radius 2 is 0.978 bits per heavy atom. The molecule has 0 amide bonds. The van der Waals surface area contributed by atoms with Gasteiger partial charge in [0.15, 0.2) is 6.10 Å². The van der Waals surface area contributed by atoms with E-state index in [-0.39, 0.29) is 19.4 Å². The average Bonchev–Trinajstić information content (AvgIpc) is 3.02. The lowest BCUT2D eigenvalue weighted by molar-refractivity contribution is -0.161. The molecule has 0 spiro atoms. The minimum absolute atomic E-state index is 0.195. The van der Waals surface area contributed by atoms with E-state index in [1.807, 2.05) is 0 Å². The molecule has 0 saturated heterocycles. The molecule has 0 aliphatic carbocycles. The third-order valence-electron chi connectivity index (χ3n) is 8.06. The first-order chi connectivity index (χ1) is 22.3. The summed E-state index contributed by atoms with van der Waals surface area (Å²) in [4.78, 5) is 42.6. The average molecular weight is 673 g/mol. The molecule has 0 aromatic carbocycles. The van der Waals surface area contributed by atoms with Crippen molar-refractivity contribution in [3.8, 4) is 0 Å². The highest BCUT2D eigenvalue weighted by Crippen LogP contribution is 2.36. The number of rotatable bonds is 34. The molecule has 0 bridgehead atoms. The first-order valence-electron chi connectivity index (χ1n) is 18.7. The van der Waals surface area contributed by atoms with Gasteiger partial charge in [-0.05, 0) is 50.7 Å². The molecule has 0 fully saturated rings. The Morgan fingerprint density at radius 1 is 0.587 bits per heavy atom. The molecule has 0 radical (unpaired) electrons. The number of hydrogen-bond acceptors (Lipinski definition) is 6. The fraction of sp³-hybridized carbons (Fsp3) is 0.865. The van der Waals surface area contributed by atoms with Crippen LogP contribution in [0.1, 0.15) is 187 Å². The Kier molecular flexibility index (Phi) is 32.4. The third-order valence-corrected chi connectivity index (χ3v) is 8.54. The molecule has 0 saturated carbocycles. The van der Waals surface area contributed by atoms with Crippen molar-refractivity contribution in [1.29, 1.82) is 0 Å². The number of ether oxygens (including phenoxy) is 2. The normalized spacial score (nSPS) is 12.0. The van der Waals surface area contributed by atoms with Gasteiger partial charge in [0.1, 0.15) is 6.61 Å². The molecule has 46 heavy (non-hydrogen) atoms. The van der Waals surface area contributed by atoms with Crippen molar-refractivity contribution >= 4 is 19.8 Å². The maximum Gasteiger partial charge on any atom is 0.469 e. The molecule has 0 aromatic rings. The van der Waals surface area contributed by atoms with Gasteiger partial charge < -0.3 is 19.3 Å². The first-order valence-corrected chi connectivity index (χ1v) is 20.3. The number of phosphoric acid groups is 1. The Morgan fingerprint density at radius 3 is 1.41 bits per heavy atom. The van der Waals surface area contributed by atoms with Crippen LogP contribution in [0.15, 0.2) is 17.9 Å². The van der Waals surface area contributed by atoms with Crippen molar-refractivity contribution in [1.82, 2.24) is 0 Å². The highest BCUT2D eigenvalue weighted by atomic mass is 31.2. The molecular weight excluding hydrogens is 603 g/mol. The summed E-state index contributed by atoms with van der Waals surface area (Å²) in [5.74, 6) is -0.900. The highest BCUT2D eigenvalue weighted by molar-refractivity contribution is 7.46. The van der Waals surface area contributed by atoms with E-state index in [0.717, 1.165) is 57.8 Å². The molecule has 9 heteroatoms. The summed E-state index contributed by atoms with van der Waals surface area (Å²) in [5, 5.41) is 0. The fourth-order valence-electron chi connectivity index (χ4n) is 5.23. The standard InChI is InChI=1S/C37H69O8P/c1-3-5-7-9-11-13-15-17-18-20-22-24-26-28-30-32-37(39)45-35(34-44-46(40,41)42)33-43-36(38)31-29-27-25-23-21-19-16-14-12-10-8-6-4-2/h15,18,35H,3-14,16,19-34H2,1-2H3,(H2,40,41,42). The minimum atomic E-state index is -4.75. The predicted molar refractivity (Wildman–Crippen MR) is 187 cm³/mol. The highest BCUT2D eigenvalue weighted by Gasteiger charge is 2.22. The van der Waals surface area contributed by atoms with Gasteiger partial charge in [-0.1, -0.05) is 136 Å². The molecule has 270 valence electrons. The summed E-state index contributed by atoms with van der Waals surface area (Å²) < 4.78 is 26.3. The van der Waals surface area contributed by atoms with Crippen LogP contribution < -0.4 is 0 Å². The smallest absolute Gasteiger partial charge is 0.462 e. The van der Waals surface area contributed by atoms with Gasteiger partial charge in [-0.25, -0.2) is 4.57 Å². The van der Waals surface area contributed by atoms with Gasteiger partial charge in [-0.3, -0.25) is 14.1 Å². The summed E-state index contributed by atoms with van der Waals surface area (Å²) in [5.41, 5.74) is 3.28. The number of esters is 2. The van der Waals surface area contributed by atoms with Gasteiger partial charge in [0.05, 0.1) is 6.61 Å². The second-order valence-corrected chi connectivity index (χ2v) is 13.9. The lowest BCUT2D eigenvalue weighted by Crippen LogP contribution is -2.29. The van der Waals surface area contributed by atoms with Crippen LogP contribution in [0.3, 0.4) is 0 Å². The zero-order valence-corrected chi connectivity index (χ0v) is 30.4. The Labute approximate surface area is 281 Å². The molecule has 0 aromatic heterocycles. The fourth-order valence-corrected chi connectivity index (χ4v) is 5.59. The van der Waals surface area contributed by atoms with Crippen LogP contribution in [-0.2, 0) is 28.2 Å². The second-order valence-electron chi connectivity index (χ2n) is 12.7. The van der Waals surface area contributed by atoms with Crippen LogP contribution in [0.4, 0.5) is 0 Å². The van der Waals surface area contributed by atoms with E-state index in [9.17, 15) is 14.2 Å². The lowest BCUT2D eigenvalue weighted by Gasteiger charge is -2.18. The minimum Gasteiger partial charge on any atom is -0.462 e. The van der Waals surface area contributed by atoms with E-state index in [1.165, 1.54) is 96.3 Å². The Balaban J connectivity index is 4.00. The van der Waals surface area contributed by atoms with Crippen molar-refractivity contribution in [2.45, 2.75) is 193 Å². The SMILES string of the molecule is CCCCCCCC=C=CCCCCCCCC(=O)OC(COC(=O)CCCCCCCCCCCCCCC)COP(=O)(O)O. The number of carbonyl (C=O) groups excluding carboxylic acids is 2. The third kappa shape index (κ3) is 35.4. The predicted octanol–water partition coefficient (Wildman–Crippen LogP) is 10.8. The van der Waals surface area contributed by atoms with E-state index in [4.69, 9.17) is 19.3 Å². The number of unbranched alkanes of at least 4 members (excludes halogenated alkanes) is 22. The molecule has 0 aliphatic rings. The van der Waals surface area contributed by atoms with Gasteiger partial charge in [-0.15, -0.1) is 5.73 Å². The Bertz CT molecular complexity index is 818. The molecule has 1 unspecified atom stereocenters. The summed E-state index contributed by atoms with van der Waals surface area (Å²) in [6.45, 7) is 3.64. The Hall–Kier alpha value is -1.43. The van der Waals surface area contributed by atoms with Crippen LogP contribution in [0, 0.1) is 0 Å². The van der Waals surface area contributed by atoms with E-state index >= 15 is 0 Å². The molecule has 1 atom stereocenters. The number of allylic oxidation sites excluding steroid dienone is 1. The zero-order chi connectivity index (χ0) is 34.0. The molecular formula is C37H69O8P. The van der Waals surface area contributed by atoms with Gasteiger partial charge in [-0.2, -0.15) is 0 Å². The number of hydrogen-bond donors (Lipinski definition) is 2. The largest absolute Gasteiger partial charge is 0.469 e. The molecule has 8 nitrogen and oxygen atoms in total. The molecule has 2 N–H and O–H groups in total. The van der Waals surface area contributed by atoms with Crippen molar-refractivity contribution in [3.63, 3.8) is 0 Å². The van der Waals surface area contributed by atoms with Crippen molar-refractivity contribution in [3.05, 3.63) is 17.9 Å². The molecule has 0 aliphatic heterocycles. The van der Waals surface area contributed by atoms with Crippen LogP contribution in [-0.4, -0.2) is 41.0 Å². The summed E-state index contributed by atoms with van der Waals surface area (Å²) in [6.07, 6.45) is 32.8. The first kappa shape index (κ1) is 44.6. The maximum absolute atomic E-state index is 12.3. The molecule has 0 heterocycles.